The van der Waals surface area contributed by atoms with E-state index in [1.54, 1.807) is 7.11 Å². The molecule has 2 aromatic carbocycles. The maximum atomic E-state index is 12.9. The molecule has 5 rings (SSSR count). The highest BCUT2D eigenvalue weighted by atomic mass is 32.1. The minimum absolute atomic E-state index is 0.205. The van der Waals surface area contributed by atoms with Gasteiger partial charge in [-0.15, -0.1) is 16.4 Å². The van der Waals surface area contributed by atoms with E-state index in [2.05, 4.69) is 37.7 Å². The van der Waals surface area contributed by atoms with Crippen LogP contribution in [0.2, 0.25) is 0 Å². The van der Waals surface area contributed by atoms with Gasteiger partial charge in [-0.25, -0.2) is 0 Å². The first-order chi connectivity index (χ1) is 15.6. The molecule has 0 saturated carbocycles. The maximum Gasteiger partial charge on any atom is 0.268 e. The van der Waals surface area contributed by atoms with Crippen molar-refractivity contribution >= 4 is 33.4 Å². The van der Waals surface area contributed by atoms with Gasteiger partial charge >= 0.3 is 0 Å². The number of nitrogens with zero attached hydrogens (tertiary/aromatic N) is 4. The number of aryl methyl sites for hydroxylation is 1. The molecule has 0 aliphatic heterocycles. The molecule has 0 radical (unpaired) electrons. The third kappa shape index (κ3) is 3.74. The van der Waals surface area contributed by atoms with E-state index in [9.17, 15) is 4.79 Å². The lowest BCUT2D eigenvalue weighted by Crippen LogP contribution is -2.11. The van der Waals surface area contributed by atoms with Gasteiger partial charge in [0.15, 0.2) is 5.82 Å². The van der Waals surface area contributed by atoms with Crippen LogP contribution >= 0.6 is 11.3 Å². The molecule has 0 aliphatic carbocycles. The van der Waals surface area contributed by atoms with Crippen molar-refractivity contribution in [3.05, 3.63) is 76.8 Å². The number of hydrogen-bond acceptors (Lipinski definition) is 6. The van der Waals surface area contributed by atoms with Gasteiger partial charge in [-0.3, -0.25) is 19.9 Å². The summed E-state index contributed by atoms with van der Waals surface area (Å²) in [5.41, 5.74) is 2.81. The lowest BCUT2D eigenvalue weighted by atomic mass is 10.2. The molecule has 0 unspecified atom stereocenters. The number of carbonyl (C=O) groups excluding carboxylic acids is 1. The molecule has 3 heterocycles. The first-order valence-electron chi connectivity index (χ1n) is 10.0. The molecule has 160 valence electrons. The molecule has 8 nitrogen and oxygen atoms in total. The number of benzene rings is 2. The van der Waals surface area contributed by atoms with Crippen LogP contribution < -0.4 is 10.1 Å². The number of hydrogen-bond donors (Lipinski definition) is 2. The summed E-state index contributed by atoms with van der Waals surface area (Å²) in [6.45, 7) is 2.60. The minimum Gasteiger partial charge on any atom is -0.496 e. The Labute approximate surface area is 187 Å². The van der Waals surface area contributed by atoms with Crippen LogP contribution in [0.5, 0.6) is 5.75 Å². The third-order valence-corrected chi connectivity index (χ3v) is 6.23. The number of aromatic nitrogens is 5. The number of fused-ring (bicyclic) bond motifs is 1. The summed E-state index contributed by atoms with van der Waals surface area (Å²) in [6.07, 6.45) is 0. The van der Waals surface area contributed by atoms with E-state index in [0.29, 0.717) is 23.0 Å². The highest BCUT2D eigenvalue weighted by Crippen LogP contribution is 2.30. The number of anilines is 1. The van der Waals surface area contributed by atoms with Crippen molar-refractivity contribution in [3.63, 3.8) is 0 Å². The van der Waals surface area contributed by atoms with Crippen LogP contribution in [-0.2, 0) is 6.54 Å². The summed E-state index contributed by atoms with van der Waals surface area (Å²) in [7, 11) is 1.60. The van der Waals surface area contributed by atoms with Crippen molar-refractivity contribution in [2.24, 2.45) is 0 Å². The van der Waals surface area contributed by atoms with Crippen molar-refractivity contribution in [3.8, 4) is 17.1 Å². The number of rotatable bonds is 6. The summed E-state index contributed by atoms with van der Waals surface area (Å²) in [4.78, 5) is 18.8. The summed E-state index contributed by atoms with van der Waals surface area (Å²) >= 11 is 1.40. The van der Waals surface area contributed by atoms with Crippen LogP contribution in [0.3, 0.4) is 0 Å². The number of amides is 1. The van der Waals surface area contributed by atoms with Gasteiger partial charge in [-0.05, 0) is 30.7 Å². The fourth-order valence-electron chi connectivity index (χ4n) is 3.53. The normalized spacial score (nSPS) is 11.1. The van der Waals surface area contributed by atoms with Crippen LogP contribution in [0.25, 0.3) is 21.6 Å². The van der Waals surface area contributed by atoms with Crippen LogP contribution in [0, 0.1) is 6.92 Å². The highest BCUT2D eigenvalue weighted by Gasteiger charge is 2.18. The lowest BCUT2D eigenvalue weighted by molar-refractivity contribution is 0.103. The van der Waals surface area contributed by atoms with Crippen molar-refractivity contribution in [1.29, 1.82) is 0 Å². The Morgan fingerprint density at radius 2 is 1.94 bits per heavy atom. The fraction of sp³-hybridized carbons (Fsp3) is 0.130. The van der Waals surface area contributed by atoms with E-state index < -0.39 is 0 Å². The van der Waals surface area contributed by atoms with Gasteiger partial charge in [0.1, 0.15) is 10.6 Å². The number of para-hydroxylation sites is 1. The van der Waals surface area contributed by atoms with Gasteiger partial charge in [0.2, 0.25) is 5.95 Å². The van der Waals surface area contributed by atoms with Crippen LogP contribution in [0.4, 0.5) is 5.95 Å². The topological polar surface area (TPSA) is 97.7 Å². The Bertz CT molecular complexity index is 1400. The second-order valence-electron chi connectivity index (χ2n) is 7.22. The van der Waals surface area contributed by atoms with Gasteiger partial charge in [0.05, 0.1) is 29.8 Å². The molecule has 1 amide bonds. The summed E-state index contributed by atoms with van der Waals surface area (Å²) < 4.78 is 7.31. The standard InChI is InChI=1S/C23H20N6O2S/c1-14-17-12-19(32-22(17)29(28-14)13-15-8-4-3-5-9-15)21(30)25-23-24-20(26-27-23)16-10-6-7-11-18(16)31-2/h3-12H,13H2,1-2H3,(H2,24,25,26,27,30). The molecular formula is C23H20N6O2S. The zero-order valence-corrected chi connectivity index (χ0v) is 18.3. The highest BCUT2D eigenvalue weighted by molar-refractivity contribution is 7.20. The summed E-state index contributed by atoms with van der Waals surface area (Å²) in [5.74, 6) is 1.13. The smallest absolute Gasteiger partial charge is 0.268 e. The van der Waals surface area contributed by atoms with Gasteiger partial charge in [0.25, 0.3) is 5.91 Å². The first kappa shape index (κ1) is 20.0. The second kappa shape index (κ2) is 8.27. The average Bonchev–Trinajstić information content (AvgIpc) is 3.52. The molecule has 0 saturated heterocycles. The molecule has 0 aliphatic rings. The fourth-order valence-corrected chi connectivity index (χ4v) is 4.59. The van der Waals surface area contributed by atoms with E-state index in [1.807, 2.05) is 60.1 Å². The van der Waals surface area contributed by atoms with E-state index in [1.165, 1.54) is 11.3 Å². The zero-order chi connectivity index (χ0) is 22.1. The Morgan fingerprint density at radius 3 is 2.75 bits per heavy atom. The largest absolute Gasteiger partial charge is 0.496 e. The van der Waals surface area contributed by atoms with Gasteiger partial charge < -0.3 is 4.74 Å². The van der Waals surface area contributed by atoms with Gasteiger partial charge in [-0.1, -0.05) is 42.5 Å². The monoisotopic (exact) mass is 444 g/mol. The van der Waals surface area contributed by atoms with Crippen molar-refractivity contribution in [2.75, 3.05) is 12.4 Å². The predicted molar refractivity (Wildman–Crippen MR) is 124 cm³/mol. The molecule has 0 bridgehead atoms. The van der Waals surface area contributed by atoms with E-state index in [0.717, 1.165) is 27.0 Å². The molecule has 2 N–H and O–H groups in total. The Kier molecular flexibility index (Phi) is 5.16. The van der Waals surface area contributed by atoms with E-state index in [-0.39, 0.29) is 11.9 Å². The molecule has 5 aromatic rings. The van der Waals surface area contributed by atoms with Crippen LogP contribution in [0.15, 0.2) is 60.7 Å². The predicted octanol–water partition coefficient (Wildman–Crippen LogP) is 4.50. The molecule has 0 spiro atoms. The molecule has 0 atom stereocenters. The first-order valence-corrected chi connectivity index (χ1v) is 10.8. The number of nitrogens with one attached hydrogen (secondary N) is 2. The third-order valence-electron chi connectivity index (χ3n) is 5.08. The van der Waals surface area contributed by atoms with Crippen LogP contribution in [0.1, 0.15) is 20.9 Å². The Hall–Kier alpha value is -3.98. The zero-order valence-electron chi connectivity index (χ0n) is 17.5. The molecule has 0 fully saturated rings. The maximum absolute atomic E-state index is 12.9. The number of aromatic amines is 1. The lowest BCUT2D eigenvalue weighted by Gasteiger charge is -2.04. The van der Waals surface area contributed by atoms with Crippen molar-refractivity contribution in [2.45, 2.75) is 13.5 Å². The van der Waals surface area contributed by atoms with E-state index in [4.69, 9.17) is 4.74 Å². The number of thiophene rings is 1. The van der Waals surface area contributed by atoms with Crippen molar-refractivity contribution in [1.82, 2.24) is 25.0 Å². The second-order valence-corrected chi connectivity index (χ2v) is 8.25. The molecule has 9 heteroatoms. The Balaban J connectivity index is 1.38. The van der Waals surface area contributed by atoms with Crippen molar-refractivity contribution < 1.29 is 9.53 Å². The number of ether oxygens (including phenoxy) is 1. The summed E-state index contributed by atoms with van der Waals surface area (Å²) in [6, 6.07) is 19.5. The quantitative estimate of drug-likeness (QED) is 0.402. The molecule has 3 aromatic heterocycles. The number of methoxy groups -OCH3 is 1. The SMILES string of the molecule is COc1ccccc1-c1nc(NC(=O)c2cc3c(C)nn(Cc4ccccc4)c3s2)n[nH]1. The average molecular weight is 445 g/mol. The number of H-pyrrole nitrogens is 1. The van der Waals surface area contributed by atoms with Gasteiger partial charge in [0, 0.05) is 5.39 Å². The number of carbonyl (C=O) groups is 1. The Morgan fingerprint density at radius 1 is 1.16 bits per heavy atom. The molecule has 32 heavy (non-hydrogen) atoms. The van der Waals surface area contributed by atoms with Crippen LogP contribution in [-0.4, -0.2) is 38.0 Å². The summed E-state index contributed by atoms with van der Waals surface area (Å²) in [5, 5.41) is 15.4. The minimum atomic E-state index is -0.262. The molecular weight excluding hydrogens is 424 g/mol. The van der Waals surface area contributed by atoms with E-state index >= 15 is 0 Å². The van der Waals surface area contributed by atoms with Gasteiger partial charge in [-0.2, -0.15) is 10.1 Å².